The van der Waals surface area contributed by atoms with Crippen LogP contribution in [0.15, 0.2) is 134 Å². The highest BCUT2D eigenvalue weighted by atomic mass is 16.6. The molecule has 5 fully saturated rings. The number of carbonyl (C=O) groups excluding carboxylic acids is 2. The number of nitrogens with one attached hydrogen (secondary N) is 6. The zero-order valence-electron chi connectivity index (χ0n) is 62.0. The van der Waals surface area contributed by atoms with Crippen molar-refractivity contribution in [1.82, 2.24) is 53.1 Å². The number of imide groups is 1. The first-order valence-corrected chi connectivity index (χ1v) is 34.7. The lowest BCUT2D eigenvalue weighted by Gasteiger charge is -2.29. The Morgan fingerprint density at radius 2 is 0.550 bits per heavy atom. The fraction of sp³-hybridized carbons (Fsp3) is 0.588. The van der Waals surface area contributed by atoms with Crippen LogP contribution in [-0.2, 0) is 47.4 Å². The summed E-state index contributed by atoms with van der Waals surface area (Å²) in [6, 6.07) is 12.6. The van der Waals surface area contributed by atoms with Crippen molar-refractivity contribution >= 4 is 11.8 Å². The number of carbonyl (C=O) groups is 2. The van der Waals surface area contributed by atoms with Crippen LogP contribution in [0.4, 0.5) is 0 Å². The van der Waals surface area contributed by atoms with E-state index in [-0.39, 0.29) is 17.7 Å². The fourth-order valence-electron chi connectivity index (χ4n) is 13.6. The van der Waals surface area contributed by atoms with E-state index in [0.29, 0.717) is 36.8 Å². The average Bonchev–Trinajstić information content (AvgIpc) is 1.64. The highest BCUT2D eigenvalue weighted by molar-refractivity contribution is 6.21. The van der Waals surface area contributed by atoms with Crippen LogP contribution in [0.5, 0.6) is 0 Å². The van der Waals surface area contributed by atoms with E-state index in [1.165, 1.54) is 99.9 Å². The summed E-state index contributed by atoms with van der Waals surface area (Å²) in [7, 11) is 6.97. The molecular formula is C68H95N11O32. The molecule has 5 aromatic heterocycles. The molecule has 614 valence electrons. The second-order valence-corrected chi connectivity index (χ2v) is 26.2. The minimum atomic E-state index is -1.64. The lowest BCUT2D eigenvalue weighted by atomic mass is 9.88. The van der Waals surface area contributed by atoms with Crippen molar-refractivity contribution in [2.45, 2.75) is 174 Å². The number of benzene rings is 1. The molecule has 16 N–H and O–H groups in total. The lowest BCUT2D eigenvalue weighted by molar-refractivity contribution is -0.150. The van der Waals surface area contributed by atoms with Crippen molar-refractivity contribution in [3.8, 4) is 0 Å². The number of aliphatic hydroxyl groups is 10. The molecule has 43 heteroatoms. The Morgan fingerprint density at radius 1 is 0.333 bits per heavy atom. The van der Waals surface area contributed by atoms with Gasteiger partial charge in [-0.15, -0.1) is 0 Å². The Kier molecular flexibility index (Phi) is 30.5. The summed E-state index contributed by atoms with van der Waals surface area (Å²) in [6.45, 7) is 6.18. The summed E-state index contributed by atoms with van der Waals surface area (Å²) in [4.78, 5) is 147. The van der Waals surface area contributed by atoms with Gasteiger partial charge in [0.05, 0.1) is 56.4 Å². The van der Waals surface area contributed by atoms with Crippen LogP contribution in [0.2, 0.25) is 0 Å². The molecular weight excluding hydrogens is 1480 g/mol. The molecule has 12 rings (SSSR count). The zero-order valence-corrected chi connectivity index (χ0v) is 62.0. The van der Waals surface area contributed by atoms with Crippen LogP contribution in [0.3, 0.4) is 0 Å². The normalized spacial score (nSPS) is 29.0. The van der Waals surface area contributed by atoms with Gasteiger partial charge in [-0.3, -0.25) is 86.6 Å². The number of amides is 2. The number of rotatable bonds is 20. The van der Waals surface area contributed by atoms with Gasteiger partial charge in [-0.25, -0.2) is 24.0 Å². The largest absolute Gasteiger partial charge is 0.393 e. The van der Waals surface area contributed by atoms with E-state index >= 15 is 0 Å². The quantitative estimate of drug-likeness (QED) is 0.0316. The molecule has 17 unspecified atom stereocenters. The van der Waals surface area contributed by atoms with E-state index in [2.05, 4.69) is 25.3 Å². The molecule has 6 aliphatic rings. The summed E-state index contributed by atoms with van der Waals surface area (Å²) in [5, 5.41) is 100.0. The Balaban J connectivity index is 0.000000186. The average molecular weight is 1580 g/mol. The van der Waals surface area contributed by atoms with E-state index in [0.717, 1.165) is 19.8 Å². The molecule has 111 heavy (non-hydrogen) atoms. The van der Waals surface area contributed by atoms with E-state index in [4.69, 9.17) is 47.4 Å². The number of ether oxygens (including phenoxy) is 10. The second kappa shape index (κ2) is 38.0. The van der Waals surface area contributed by atoms with Crippen LogP contribution in [0.25, 0.3) is 0 Å². The first-order valence-electron chi connectivity index (χ1n) is 34.7. The van der Waals surface area contributed by atoms with Gasteiger partial charge in [0.2, 0.25) is 0 Å². The standard InChI is InChI=1S/C13H20N2O5.3C12H18N2O6.C11H16N2O7.C8H5NO2/c1-4-13(5-2)10(17)9(19-3)11(20-13)15-7-6-8(16)14-12(15)18;1-7-9(19-2)10(20-12(7,5-15)6-16)14-4-3-8(17)13-11(14)18;2*1-3-12(6-15)9(17)8(19-2)10(20-12)14-5-4-7(16)13-11(14)18;1-19-7-8(17)11(4-14,5-15)20-9(7)13-3-2-6(16)12-10(13)18;10-7-5-3-1-2-4-6(5)8(11)9-7/h6-7,9-11,17H,4-5H2,1-3H3,(H,14,16,18);3-4,7,9-10,15-16H,5-6H2,1-2H3,(H,13,17,18);2*4-5,8-10,15,17H,3,6H2,1-2H3,(H,13,16,18);2-3,7-9,14-15,17H,4-5H2,1H3,(H,12,16,18);1-4H,(H,9,10,11). The van der Waals surface area contributed by atoms with Crippen molar-refractivity contribution < 1.29 is 108 Å². The van der Waals surface area contributed by atoms with Gasteiger partial charge < -0.3 is 98.4 Å². The van der Waals surface area contributed by atoms with Crippen LogP contribution in [-0.4, -0.2) is 269 Å². The van der Waals surface area contributed by atoms with Gasteiger partial charge in [-0.05, 0) is 37.8 Å². The number of hydrogen-bond acceptors (Lipinski definition) is 32. The van der Waals surface area contributed by atoms with Crippen LogP contribution < -0.4 is 61.6 Å². The molecule has 0 radical (unpaired) electrons. The van der Waals surface area contributed by atoms with E-state index in [1.54, 1.807) is 45.0 Å². The molecule has 17 atom stereocenters. The van der Waals surface area contributed by atoms with E-state index in [1.807, 2.05) is 18.8 Å². The van der Waals surface area contributed by atoms with Gasteiger partial charge in [-0.1, -0.05) is 46.8 Å². The summed E-state index contributed by atoms with van der Waals surface area (Å²) in [5.74, 6) is -0.942. The smallest absolute Gasteiger partial charge is 0.330 e. The van der Waals surface area contributed by atoms with E-state index < -0.39 is 210 Å². The number of H-pyrrole nitrogens is 5. The molecule has 1 aromatic carbocycles. The highest BCUT2D eigenvalue weighted by Gasteiger charge is 2.59. The first kappa shape index (κ1) is 89.2. The molecule has 0 spiro atoms. The molecule has 2 amide bonds. The van der Waals surface area contributed by atoms with E-state index in [9.17, 15) is 109 Å². The molecule has 0 saturated carbocycles. The Bertz CT molecular complexity index is 4100. The summed E-state index contributed by atoms with van der Waals surface area (Å²) in [6.07, 6.45) is -4.48. The van der Waals surface area contributed by atoms with Crippen molar-refractivity contribution in [2.24, 2.45) is 5.92 Å². The van der Waals surface area contributed by atoms with Crippen molar-refractivity contribution in [2.75, 3.05) is 75.2 Å². The molecule has 6 aromatic rings. The lowest BCUT2D eigenvalue weighted by Crippen LogP contribution is -2.49. The zero-order chi connectivity index (χ0) is 82.4. The number of hydrogen-bond donors (Lipinski definition) is 16. The minimum Gasteiger partial charge on any atom is -0.393 e. The summed E-state index contributed by atoms with van der Waals surface area (Å²) >= 11 is 0. The highest BCUT2D eigenvalue weighted by Crippen LogP contribution is 2.45. The van der Waals surface area contributed by atoms with Crippen LogP contribution in [0, 0.1) is 5.92 Å². The summed E-state index contributed by atoms with van der Waals surface area (Å²) < 4.78 is 60.3. The minimum absolute atomic E-state index is 0.300. The first-order chi connectivity index (χ1) is 52.7. The molecule has 11 heterocycles. The van der Waals surface area contributed by atoms with Gasteiger partial charge in [0.25, 0.3) is 39.6 Å². The topological polar surface area (TPSA) is 615 Å². The third kappa shape index (κ3) is 18.1. The van der Waals surface area contributed by atoms with Gasteiger partial charge in [0.1, 0.15) is 77.3 Å². The Hall–Kier alpha value is -9.04. The predicted molar refractivity (Wildman–Crippen MR) is 380 cm³/mol. The monoisotopic (exact) mass is 1580 g/mol. The SMILES string of the molecule is CCC1(CC)OC(n2ccc(=O)[nH]c2=O)C(OC)C1O.CCC1(CO)OC(n2ccc(=O)[nH]c2=O)C(OC)C1O.CCC1(CO)OC(n2ccc(=O)[nH]c2=O)C(OC)C1O.COC1C(n2ccc(=O)[nH]c2=O)OC(CO)(CO)C1C.COC1C(n2ccc(=O)[nH]c2=O)OC(CO)(CO)C1O.O=C1NC(=O)c2ccccc21. The van der Waals surface area contributed by atoms with Gasteiger partial charge in [0.15, 0.2) is 31.1 Å². The number of aromatic amines is 5. The maximum absolute atomic E-state index is 11.9. The van der Waals surface area contributed by atoms with Gasteiger partial charge in [-0.2, -0.15) is 0 Å². The second-order valence-electron chi connectivity index (χ2n) is 26.2. The van der Waals surface area contributed by atoms with Crippen molar-refractivity contribution in [3.63, 3.8) is 0 Å². The third-order valence-electron chi connectivity index (χ3n) is 20.5. The molecule has 0 bridgehead atoms. The van der Waals surface area contributed by atoms with Crippen molar-refractivity contribution in [3.05, 3.63) is 201 Å². The number of aliphatic hydroxyl groups excluding tert-OH is 10. The third-order valence-corrected chi connectivity index (χ3v) is 20.5. The Morgan fingerprint density at radius 3 is 0.784 bits per heavy atom. The molecule has 0 aliphatic carbocycles. The van der Waals surface area contributed by atoms with Crippen LogP contribution in [0.1, 0.15) is 112 Å². The van der Waals surface area contributed by atoms with Gasteiger partial charge in [0, 0.05) is 103 Å². The predicted octanol–water partition coefficient (Wildman–Crippen LogP) is -6.66. The number of nitrogens with zero attached hydrogens (tertiary/aromatic N) is 5. The maximum Gasteiger partial charge on any atom is 0.330 e. The van der Waals surface area contributed by atoms with Crippen LogP contribution >= 0.6 is 0 Å². The fourth-order valence-corrected chi connectivity index (χ4v) is 13.6. The number of methoxy groups -OCH3 is 5. The molecule has 43 nitrogen and oxygen atoms in total. The number of aromatic nitrogens is 10. The Labute approximate surface area is 627 Å². The molecule has 6 aliphatic heterocycles. The maximum atomic E-state index is 11.9. The summed E-state index contributed by atoms with van der Waals surface area (Å²) in [5.41, 5.74) is -10.9. The van der Waals surface area contributed by atoms with Crippen molar-refractivity contribution in [1.29, 1.82) is 0 Å². The van der Waals surface area contributed by atoms with Gasteiger partial charge >= 0.3 is 28.4 Å². The molecule has 5 saturated heterocycles. The number of fused-ring (bicyclic) bond motifs is 1.